The van der Waals surface area contributed by atoms with Crippen LogP contribution < -0.4 is 11.1 Å². The molecule has 4 nitrogen and oxygen atoms in total. The monoisotopic (exact) mass is 326 g/mol. The van der Waals surface area contributed by atoms with Gasteiger partial charge in [0.1, 0.15) is 17.2 Å². The van der Waals surface area contributed by atoms with Gasteiger partial charge in [0.15, 0.2) is 0 Å². The van der Waals surface area contributed by atoms with Gasteiger partial charge >= 0.3 is 0 Å². The van der Waals surface area contributed by atoms with Gasteiger partial charge in [-0.05, 0) is 38.0 Å². The average molecular weight is 327 g/mol. The van der Waals surface area contributed by atoms with Crippen LogP contribution in [0.15, 0.2) is 22.6 Å². The molecule has 1 aromatic heterocycles. The first-order chi connectivity index (χ1) is 9.99. The second-order valence-corrected chi connectivity index (χ2v) is 5.84. The van der Waals surface area contributed by atoms with Crippen molar-refractivity contribution in [3.05, 3.63) is 35.3 Å². The lowest BCUT2D eigenvalue weighted by Crippen LogP contribution is -2.51. The zero-order valence-corrected chi connectivity index (χ0v) is 13.3. The van der Waals surface area contributed by atoms with Crippen LogP contribution in [0.1, 0.15) is 37.0 Å². The van der Waals surface area contributed by atoms with Crippen molar-refractivity contribution < 1.29 is 13.6 Å². The van der Waals surface area contributed by atoms with E-state index in [2.05, 4.69) is 5.32 Å². The van der Waals surface area contributed by atoms with E-state index in [9.17, 15) is 9.18 Å². The molecule has 1 aliphatic rings. The van der Waals surface area contributed by atoms with Crippen LogP contribution in [-0.4, -0.2) is 11.4 Å². The topological polar surface area (TPSA) is 68.3 Å². The predicted molar refractivity (Wildman–Crippen MR) is 85.4 cm³/mol. The summed E-state index contributed by atoms with van der Waals surface area (Å²) >= 11 is 0. The van der Waals surface area contributed by atoms with Crippen molar-refractivity contribution in [2.24, 2.45) is 5.73 Å². The normalized spacial score (nSPS) is 16.5. The predicted octanol–water partition coefficient (Wildman–Crippen LogP) is 3.19. The molecule has 120 valence electrons. The molecule has 0 atom stereocenters. The summed E-state index contributed by atoms with van der Waals surface area (Å²) in [7, 11) is 0. The maximum Gasteiger partial charge on any atom is 0.240 e. The second-order valence-electron chi connectivity index (χ2n) is 5.84. The van der Waals surface area contributed by atoms with E-state index < -0.39 is 5.54 Å². The van der Waals surface area contributed by atoms with Gasteiger partial charge in [-0.1, -0.05) is 12.8 Å². The highest BCUT2D eigenvalue weighted by Gasteiger charge is 2.36. The maximum absolute atomic E-state index is 13.3. The SMILES string of the molecule is Cc1c(CNC(=O)C2(N)CCCC2)oc2ccc(F)cc12.Cl. The number of halogens is 2. The summed E-state index contributed by atoms with van der Waals surface area (Å²) < 4.78 is 18.9. The largest absolute Gasteiger partial charge is 0.459 e. The van der Waals surface area contributed by atoms with Gasteiger partial charge in [0.05, 0.1) is 12.1 Å². The Hall–Kier alpha value is -1.59. The first kappa shape index (κ1) is 16.8. The molecule has 0 spiro atoms. The number of carbonyl (C=O) groups is 1. The van der Waals surface area contributed by atoms with Crippen molar-refractivity contribution >= 4 is 29.3 Å². The molecule has 6 heteroatoms. The minimum Gasteiger partial charge on any atom is -0.459 e. The zero-order valence-electron chi connectivity index (χ0n) is 12.4. The third kappa shape index (κ3) is 2.96. The highest BCUT2D eigenvalue weighted by atomic mass is 35.5. The minimum atomic E-state index is -0.744. The van der Waals surface area contributed by atoms with E-state index >= 15 is 0 Å². The van der Waals surface area contributed by atoms with Crippen molar-refractivity contribution in [1.29, 1.82) is 0 Å². The van der Waals surface area contributed by atoms with Crippen molar-refractivity contribution in [3.63, 3.8) is 0 Å². The van der Waals surface area contributed by atoms with Gasteiger partial charge in [-0.25, -0.2) is 4.39 Å². The molecule has 1 aliphatic carbocycles. The lowest BCUT2D eigenvalue weighted by molar-refractivity contribution is -0.126. The van der Waals surface area contributed by atoms with Gasteiger partial charge < -0.3 is 15.5 Å². The van der Waals surface area contributed by atoms with E-state index in [1.54, 1.807) is 6.07 Å². The lowest BCUT2D eigenvalue weighted by Gasteiger charge is -2.21. The molecular weight excluding hydrogens is 307 g/mol. The molecule has 0 bridgehead atoms. The van der Waals surface area contributed by atoms with Crippen LogP contribution in [0.2, 0.25) is 0 Å². The van der Waals surface area contributed by atoms with Crippen molar-refractivity contribution in [1.82, 2.24) is 5.32 Å². The van der Waals surface area contributed by atoms with Gasteiger partial charge in [0, 0.05) is 10.9 Å². The molecule has 3 N–H and O–H groups in total. The van der Waals surface area contributed by atoms with E-state index in [4.69, 9.17) is 10.2 Å². The van der Waals surface area contributed by atoms with Gasteiger partial charge in [-0.3, -0.25) is 4.79 Å². The van der Waals surface area contributed by atoms with E-state index in [0.717, 1.165) is 36.6 Å². The van der Waals surface area contributed by atoms with Crippen LogP contribution in [0.5, 0.6) is 0 Å². The van der Waals surface area contributed by atoms with E-state index in [-0.39, 0.29) is 30.7 Å². The molecule has 2 aromatic rings. The smallest absolute Gasteiger partial charge is 0.240 e. The first-order valence-corrected chi connectivity index (χ1v) is 7.24. The van der Waals surface area contributed by atoms with Crippen molar-refractivity contribution in [2.75, 3.05) is 0 Å². The highest BCUT2D eigenvalue weighted by Crippen LogP contribution is 2.28. The van der Waals surface area contributed by atoms with Crippen LogP contribution in [0.4, 0.5) is 4.39 Å². The lowest BCUT2D eigenvalue weighted by atomic mass is 9.98. The number of hydrogen-bond donors (Lipinski definition) is 2. The molecule has 0 aliphatic heterocycles. The summed E-state index contributed by atoms with van der Waals surface area (Å²) in [6, 6.07) is 4.41. The third-order valence-electron chi connectivity index (χ3n) is 4.35. The quantitative estimate of drug-likeness (QED) is 0.910. The molecule has 0 radical (unpaired) electrons. The first-order valence-electron chi connectivity index (χ1n) is 7.24. The third-order valence-corrected chi connectivity index (χ3v) is 4.35. The molecule has 3 rings (SSSR count). The number of amides is 1. The van der Waals surface area contributed by atoms with Crippen molar-refractivity contribution in [2.45, 2.75) is 44.7 Å². The summed E-state index contributed by atoms with van der Waals surface area (Å²) in [5.74, 6) is 0.213. The molecule has 0 saturated heterocycles. The summed E-state index contributed by atoms with van der Waals surface area (Å²) in [5.41, 5.74) is 6.84. The Bertz CT molecular complexity index is 693. The maximum atomic E-state index is 13.3. The Labute approximate surface area is 134 Å². The Morgan fingerprint density at radius 3 is 2.77 bits per heavy atom. The number of aryl methyl sites for hydroxylation is 1. The van der Waals surface area contributed by atoms with Crippen LogP contribution in [0.3, 0.4) is 0 Å². The van der Waals surface area contributed by atoms with E-state index in [0.29, 0.717) is 11.3 Å². The number of nitrogens with two attached hydrogens (primary N) is 1. The Kier molecular flexibility index (Phi) is 4.78. The zero-order chi connectivity index (χ0) is 15.0. The molecule has 1 aromatic carbocycles. The van der Waals surface area contributed by atoms with Gasteiger partial charge in [0.2, 0.25) is 5.91 Å². The molecule has 1 fully saturated rings. The standard InChI is InChI=1S/C16H19FN2O2.ClH/c1-10-12-8-11(17)4-5-13(12)21-14(10)9-19-15(20)16(18)6-2-3-7-16;/h4-5,8H,2-3,6-7,9,18H2,1H3,(H,19,20);1H. The van der Waals surface area contributed by atoms with E-state index in [1.165, 1.54) is 12.1 Å². The summed E-state index contributed by atoms with van der Waals surface area (Å²) in [4.78, 5) is 12.2. The van der Waals surface area contributed by atoms with Gasteiger partial charge in [0.25, 0.3) is 0 Å². The number of furan rings is 1. The fourth-order valence-electron chi connectivity index (χ4n) is 2.98. The fraction of sp³-hybridized carbons (Fsp3) is 0.438. The number of rotatable bonds is 3. The van der Waals surface area contributed by atoms with Gasteiger partial charge in [-0.2, -0.15) is 0 Å². The number of nitrogens with one attached hydrogen (secondary N) is 1. The van der Waals surface area contributed by atoms with Crippen LogP contribution in [-0.2, 0) is 11.3 Å². The number of benzene rings is 1. The summed E-state index contributed by atoms with van der Waals surface area (Å²) in [5, 5.41) is 3.58. The molecule has 0 unspecified atom stereocenters. The number of carbonyl (C=O) groups excluding carboxylic acids is 1. The van der Waals surface area contributed by atoms with Gasteiger partial charge in [-0.15, -0.1) is 12.4 Å². The summed E-state index contributed by atoms with van der Waals surface area (Å²) in [6.45, 7) is 2.14. The number of fused-ring (bicyclic) bond motifs is 1. The Morgan fingerprint density at radius 1 is 1.41 bits per heavy atom. The average Bonchev–Trinajstić information content (AvgIpc) is 3.03. The second kappa shape index (κ2) is 6.26. The minimum absolute atomic E-state index is 0. The highest BCUT2D eigenvalue weighted by molar-refractivity contribution is 5.87. The van der Waals surface area contributed by atoms with Crippen molar-refractivity contribution in [3.8, 4) is 0 Å². The Morgan fingerprint density at radius 2 is 2.09 bits per heavy atom. The molecule has 1 heterocycles. The number of hydrogen-bond acceptors (Lipinski definition) is 3. The van der Waals surface area contributed by atoms with Crippen LogP contribution >= 0.6 is 12.4 Å². The fourth-order valence-corrected chi connectivity index (χ4v) is 2.98. The van der Waals surface area contributed by atoms with Crippen LogP contribution in [0, 0.1) is 12.7 Å². The van der Waals surface area contributed by atoms with E-state index in [1.807, 2.05) is 6.92 Å². The molecule has 1 amide bonds. The molecular formula is C16H20ClFN2O2. The molecule has 1 saturated carbocycles. The van der Waals surface area contributed by atoms with Crippen LogP contribution in [0.25, 0.3) is 11.0 Å². The summed E-state index contributed by atoms with van der Waals surface area (Å²) in [6.07, 6.45) is 3.44. The Balaban J connectivity index is 0.00000176. The molecule has 22 heavy (non-hydrogen) atoms.